The molecule has 0 aromatic heterocycles. The molecule has 3 rings (SSSR count). The summed E-state index contributed by atoms with van der Waals surface area (Å²) < 4.78 is 37.6. The summed E-state index contributed by atoms with van der Waals surface area (Å²) in [5.41, 5.74) is 2.11. The van der Waals surface area contributed by atoms with E-state index in [0.717, 1.165) is 42.5 Å². The molecule has 1 heterocycles. The first kappa shape index (κ1) is 25.5. The number of carbonyl (C=O) groups is 1. The number of nitrogens with one attached hydrogen (secondary N) is 2. The zero-order valence-corrected chi connectivity index (χ0v) is 19.4. The van der Waals surface area contributed by atoms with Gasteiger partial charge in [-0.3, -0.25) is 4.79 Å². The molecule has 33 heavy (non-hydrogen) atoms. The smallest absolute Gasteiger partial charge is 0.385 e. The fourth-order valence-electron chi connectivity index (χ4n) is 4.60. The van der Waals surface area contributed by atoms with Gasteiger partial charge in [0, 0.05) is 29.6 Å². The molecule has 1 amide bonds. The van der Waals surface area contributed by atoms with E-state index in [1.807, 2.05) is 35.6 Å². The van der Waals surface area contributed by atoms with Crippen LogP contribution in [0.15, 0.2) is 42.5 Å². The van der Waals surface area contributed by atoms with Gasteiger partial charge in [-0.2, -0.15) is 13.2 Å². The van der Waals surface area contributed by atoms with Crippen LogP contribution >= 0.6 is 11.6 Å². The van der Waals surface area contributed by atoms with Crippen LogP contribution in [0.3, 0.4) is 0 Å². The van der Waals surface area contributed by atoms with E-state index in [1.165, 1.54) is 0 Å². The van der Waals surface area contributed by atoms with Gasteiger partial charge < -0.3 is 15.7 Å². The van der Waals surface area contributed by atoms with E-state index < -0.39 is 17.7 Å². The monoisotopic (exact) mass is 482 g/mol. The highest BCUT2D eigenvalue weighted by atomic mass is 35.5. The van der Waals surface area contributed by atoms with Gasteiger partial charge in [0.2, 0.25) is 0 Å². The van der Waals surface area contributed by atoms with E-state index in [-0.39, 0.29) is 25.3 Å². The highest BCUT2D eigenvalue weighted by Gasteiger charge is 2.41. The van der Waals surface area contributed by atoms with Gasteiger partial charge in [0.05, 0.1) is 5.60 Å². The second-order valence-electron chi connectivity index (χ2n) is 8.54. The fourth-order valence-corrected chi connectivity index (χ4v) is 4.89. The summed E-state index contributed by atoms with van der Waals surface area (Å²) in [6.07, 6.45) is -2.02. The number of halogens is 4. The quantitative estimate of drug-likeness (QED) is 0.452. The maximum absolute atomic E-state index is 12.5. The Kier molecular flexibility index (Phi) is 8.43. The Morgan fingerprint density at radius 2 is 2.00 bits per heavy atom. The number of aliphatic hydroxyl groups is 1. The summed E-state index contributed by atoms with van der Waals surface area (Å²) in [5.74, 6) is -2.11. The molecule has 2 aromatic carbocycles. The molecule has 1 aliphatic heterocycles. The minimum atomic E-state index is -4.92. The Balaban J connectivity index is 1.95. The molecule has 0 aliphatic carbocycles. The van der Waals surface area contributed by atoms with Gasteiger partial charge in [0.1, 0.15) is 0 Å². The van der Waals surface area contributed by atoms with Crippen molar-refractivity contribution in [3.8, 4) is 11.1 Å². The average molecular weight is 483 g/mol. The van der Waals surface area contributed by atoms with Crippen molar-refractivity contribution in [1.82, 2.24) is 10.6 Å². The fraction of sp³-hybridized carbons (Fsp3) is 0.480. The first-order valence-electron chi connectivity index (χ1n) is 11.3. The lowest BCUT2D eigenvalue weighted by Gasteiger charge is -2.40. The molecule has 1 aliphatic rings. The van der Waals surface area contributed by atoms with Crippen LogP contribution in [0, 0.1) is 5.92 Å². The lowest BCUT2D eigenvalue weighted by atomic mass is 9.72. The predicted octanol–water partition coefficient (Wildman–Crippen LogP) is 5.22. The highest BCUT2D eigenvalue weighted by Crippen LogP contribution is 2.44. The molecule has 1 fully saturated rings. The summed E-state index contributed by atoms with van der Waals surface area (Å²) in [6, 6.07) is 13.4. The number of benzene rings is 2. The minimum absolute atomic E-state index is 0.142. The average Bonchev–Trinajstić information content (AvgIpc) is 2.81. The Morgan fingerprint density at radius 3 is 2.67 bits per heavy atom. The highest BCUT2D eigenvalue weighted by molar-refractivity contribution is 6.33. The van der Waals surface area contributed by atoms with E-state index in [4.69, 9.17) is 11.6 Å². The maximum atomic E-state index is 12.5. The standard InChI is InChI=1S/C25H30ClF3N2O2/c1-2-17-7-3-8-18(15-17)22-20(10-4-11-21(22)26)24(33,19-9-5-13-30-16-19)12-6-14-31-23(32)25(27,28)29/h3-4,7-8,10-11,15,19,30,33H,2,5-6,9,12-14,16H2,1H3,(H,31,32)/t19?,24-/m0/s1. The number of piperidine rings is 1. The maximum Gasteiger partial charge on any atom is 0.471 e. The minimum Gasteiger partial charge on any atom is -0.385 e. The van der Waals surface area contributed by atoms with Gasteiger partial charge in [-0.1, -0.05) is 54.9 Å². The number of aryl methyl sites for hydroxylation is 1. The molecule has 8 heteroatoms. The van der Waals surface area contributed by atoms with E-state index in [1.54, 1.807) is 12.1 Å². The van der Waals surface area contributed by atoms with Crippen LogP contribution in [0.25, 0.3) is 11.1 Å². The first-order valence-corrected chi connectivity index (χ1v) is 11.7. The van der Waals surface area contributed by atoms with Gasteiger partial charge in [-0.25, -0.2) is 0 Å². The number of carbonyl (C=O) groups excluding carboxylic acids is 1. The normalized spacial score (nSPS) is 18.5. The van der Waals surface area contributed by atoms with Gasteiger partial charge in [-0.15, -0.1) is 0 Å². The van der Waals surface area contributed by atoms with Crippen molar-refractivity contribution < 1.29 is 23.1 Å². The molecule has 2 atom stereocenters. The summed E-state index contributed by atoms with van der Waals surface area (Å²) in [4.78, 5) is 11.2. The lowest BCUT2D eigenvalue weighted by Crippen LogP contribution is -2.45. The van der Waals surface area contributed by atoms with Crippen LogP contribution in [-0.4, -0.2) is 36.8 Å². The third-order valence-corrected chi connectivity index (χ3v) is 6.67. The molecule has 2 aromatic rings. The molecule has 3 N–H and O–H groups in total. The summed E-state index contributed by atoms with van der Waals surface area (Å²) in [5, 5.41) is 17.8. The van der Waals surface area contributed by atoms with Crippen molar-refractivity contribution in [2.24, 2.45) is 5.92 Å². The third-order valence-electron chi connectivity index (χ3n) is 6.35. The van der Waals surface area contributed by atoms with E-state index in [0.29, 0.717) is 17.1 Å². The number of hydrogen-bond donors (Lipinski definition) is 3. The number of amides is 1. The van der Waals surface area contributed by atoms with Crippen molar-refractivity contribution >= 4 is 17.5 Å². The van der Waals surface area contributed by atoms with Crippen LogP contribution in [0.4, 0.5) is 13.2 Å². The van der Waals surface area contributed by atoms with Crippen molar-refractivity contribution in [3.05, 3.63) is 58.6 Å². The van der Waals surface area contributed by atoms with Crippen LogP contribution in [0.1, 0.15) is 43.7 Å². The second-order valence-corrected chi connectivity index (χ2v) is 8.95. The largest absolute Gasteiger partial charge is 0.471 e. The summed E-state index contributed by atoms with van der Waals surface area (Å²) in [7, 11) is 0. The molecule has 1 unspecified atom stereocenters. The Hall–Kier alpha value is -2.09. The molecule has 180 valence electrons. The molecule has 1 saturated heterocycles. The zero-order valence-electron chi connectivity index (χ0n) is 18.6. The van der Waals surface area contributed by atoms with Crippen LogP contribution in [0.2, 0.25) is 5.02 Å². The van der Waals surface area contributed by atoms with Crippen molar-refractivity contribution in [2.45, 2.75) is 50.8 Å². The van der Waals surface area contributed by atoms with Crippen molar-refractivity contribution in [3.63, 3.8) is 0 Å². The summed E-state index contributed by atoms with van der Waals surface area (Å²) >= 11 is 6.65. The molecule has 0 bridgehead atoms. The van der Waals surface area contributed by atoms with Crippen LogP contribution in [0.5, 0.6) is 0 Å². The SMILES string of the molecule is CCc1cccc(-c2c(Cl)cccc2[C@](O)(CCCNC(=O)C(F)(F)F)C2CCCNC2)c1. The molecule has 0 spiro atoms. The lowest BCUT2D eigenvalue weighted by molar-refractivity contribution is -0.173. The third kappa shape index (κ3) is 6.08. The number of hydrogen-bond acceptors (Lipinski definition) is 3. The predicted molar refractivity (Wildman–Crippen MR) is 124 cm³/mol. The van der Waals surface area contributed by atoms with Gasteiger partial charge >= 0.3 is 12.1 Å². The molecule has 0 radical (unpaired) electrons. The van der Waals surface area contributed by atoms with Gasteiger partial charge in [0.15, 0.2) is 0 Å². The van der Waals surface area contributed by atoms with Crippen LogP contribution < -0.4 is 10.6 Å². The molecular weight excluding hydrogens is 453 g/mol. The second kappa shape index (κ2) is 10.9. The number of alkyl halides is 3. The van der Waals surface area contributed by atoms with Gasteiger partial charge in [0.25, 0.3) is 0 Å². The van der Waals surface area contributed by atoms with Crippen molar-refractivity contribution in [2.75, 3.05) is 19.6 Å². The Labute approximate surface area is 197 Å². The van der Waals surface area contributed by atoms with Crippen LogP contribution in [-0.2, 0) is 16.8 Å². The van der Waals surface area contributed by atoms with E-state index in [2.05, 4.69) is 12.2 Å². The molecule has 4 nitrogen and oxygen atoms in total. The van der Waals surface area contributed by atoms with Gasteiger partial charge in [-0.05, 0) is 61.4 Å². The molecular formula is C25H30ClF3N2O2. The zero-order chi connectivity index (χ0) is 24.1. The Morgan fingerprint density at radius 1 is 1.24 bits per heavy atom. The van der Waals surface area contributed by atoms with E-state index in [9.17, 15) is 23.1 Å². The van der Waals surface area contributed by atoms with E-state index >= 15 is 0 Å². The van der Waals surface area contributed by atoms with Crippen molar-refractivity contribution in [1.29, 1.82) is 0 Å². The topological polar surface area (TPSA) is 61.4 Å². The number of rotatable bonds is 8. The summed E-state index contributed by atoms with van der Waals surface area (Å²) in [6.45, 7) is 3.33. The molecule has 0 saturated carbocycles. The Bertz CT molecular complexity index is 961. The first-order chi connectivity index (χ1) is 15.7.